The minimum absolute atomic E-state index is 1.12. The molecule has 0 aliphatic carbocycles. The summed E-state index contributed by atoms with van der Waals surface area (Å²) in [4.78, 5) is 2.33. The molecule has 0 aliphatic heterocycles. The predicted octanol–water partition coefficient (Wildman–Crippen LogP) is 16.1. The number of fused-ring (bicyclic) bond motifs is 3. The molecule has 1 nitrogen and oxygen atoms in total. The first-order valence-electron chi connectivity index (χ1n) is 20.0. The van der Waals surface area contributed by atoms with Gasteiger partial charge in [-0.3, -0.25) is 0 Å². The van der Waals surface area contributed by atoms with Crippen LogP contribution in [0.1, 0.15) is 16.7 Å². The highest BCUT2D eigenvalue weighted by molar-refractivity contribution is 6.21. The maximum atomic E-state index is 2.33. The van der Waals surface area contributed by atoms with Crippen molar-refractivity contribution < 1.29 is 0 Å². The second kappa shape index (κ2) is 15.2. The first-order valence-corrected chi connectivity index (χ1v) is 20.0. The molecule has 0 saturated heterocycles. The van der Waals surface area contributed by atoms with Crippen LogP contribution in [0.2, 0.25) is 0 Å². The van der Waals surface area contributed by atoms with E-state index in [4.69, 9.17) is 0 Å². The Morgan fingerprint density at radius 1 is 0.328 bits per heavy atom. The first kappa shape index (κ1) is 35.0. The van der Waals surface area contributed by atoms with Crippen molar-refractivity contribution in [3.05, 3.63) is 235 Å². The highest BCUT2D eigenvalue weighted by Crippen LogP contribution is 2.45. The molecular formula is C57H41N. The minimum atomic E-state index is 1.12. The second-order valence-corrected chi connectivity index (χ2v) is 15.0. The number of benzene rings is 10. The smallest absolute Gasteiger partial charge is 0.0464 e. The number of hydrogen-bond acceptors (Lipinski definition) is 1. The Labute approximate surface area is 340 Å². The van der Waals surface area contributed by atoms with E-state index in [1.807, 2.05) is 0 Å². The van der Waals surface area contributed by atoms with E-state index < -0.39 is 0 Å². The van der Waals surface area contributed by atoms with Crippen LogP contribution in [0.25, 0.3) is 77.9 Å². The molecule has 58 heavy (non-hydrogen) atoms. The number of rotatable bonds is 8. The molecule has 10 rings (SSSR count). The molecular weight excluding hydrogens is 699 g/mol. The number of hydrogen-bond donors (Lipinski definition) is 0. The molecule has 0 bridgehead atoms. The van der Waals surface area contributed by atoms with Crippen LogP contribution in [0.3, 0.4) is 0 Å². The lowest BCUT2D eigenvalue weighted by Crippen LogP contribution is -2.09. The number of nitrogens with zero attached hydrogens (tertiary/aromatic N) is 1. The largest absolute Gasteiger partial charge is 0.310 e. The van der Waals surface area contributed by atoms with Crippen molar-refractivity contribution in [2.45, 2.75) is 6.92 Å². The Kier molecular flexibility index (Phi) is 9.18. The fraction of sp³-hybridized carbons (Fsp3) is 0.0175. The average Bonchev–Trinajstić information content (AvgIpc) is 3.29. The van der Waals surface area contributed by atoms with E-state index >= 15 is 0 Å². The van der Waals surface area contributed by atoms with Gasteiger partial charge in [0.15, 0.2) is 0 Å². The lowest BCUT2D eigenvalue weighted by Gasteiger charge is -2.26. The Bertz CT molecular complexity index is 3030. The van der Waals surface area contributed by atoms with E-state index in [9.17, 15) is 0 Å². The van der Waals surface area contributed by atoms with Crippen LogP contribution in [0.15, 0.2) is 218 Å². The van der Waals surface area contributed by atoms with E-state index in [1.165, 1.54) is 82.4 Å². The van der Waals surface area contributed by atoms with Crippen LogP contribution < -0.4 is 4.90 Å². The normalized spacial score (nSPS) is 11.5. The molecule has 0 saturated carbocycles. The van der Waals surface area contributed by atoms with Crippen molar-refractivity contribution in [1.29, 1.82) is 0 Å². The quantitative estimate of drug-likeness (QED) is 0.111. The van der Waals surface area contributed by atoms with E-state index in [0.717, 1.165) is 17.1 Å². The lowest BCUT2D eigenvalue weighted by molar-refractivity contribution is 1.27. The van der Waals surface area contributed by atoms with Gasteiger partial charge in [-0.1, -0.05) is 194 Å². The van der Waals surface area contributed by atoms with Crippen molar-refractivity contribution in [1.82, 2.24) is 0 Å². The van der Waals surface area contributed by atoms with Gasteiger partial charge in [0.1, 0.15) is 0 Å². The Morgan fingerprint density at radius 2 is 0.810 bits per heavy atom. The van der Waals surface area contributed by atoms with Crippen LogP contribution in [0.4, 0.5) is 17.1 Å². The molecule has 1 heteroatoms. The van der Waals surface area contributed by atoms with E-state index in [0.29, 0.717) is 0 Å². The summed E-state index contributed by atoms with van der Waals surface area (Å²) in [6.07, 6.45) is 4.48. The highest BCUT2D eigenvalue weighted by Gasteiger charge is 2.18. The molecule has 0 N–H and O–H groups in total. The third-order valence-corrected chi connectivity index (χ3v) is 11.3. The zero-order chi connectivity index (χ0) is 38.8. The number of para-hydroxylation sites is 1. The standard InChI is InChI=1S/C57H41N/c1-40-15-14-20-48(39-40)58(46-18-6-3-7-19-46)47-36-33-45(34-37-47)57-54-25-12-10-23-52(54)56(53-24-11-13-26-55(53)57)44-31-28-41(29-32-44)27-30-43-35-38-50(42-16-4-2-5-17-42)51-22-9-8-21-49(43)51/h2-39H,1H3. The van der Waals surface area contributed by atoms with Gasteiger partial charge in [0.2, 0.25) is 0 Å². The number of aryl methyl sites for hydroxylation is 1. The molecule has 0 heterocycles. The summed E-state index contributed by atoms with van der Waals surface area (Å²) >= 11 is 0. The Balaban J connectivity index is 1.02. The Morgan fingerprint density at radius 3 is 1.40 bits per heavy atom. The van der Waals surface area contributed by atoms with E-state index in [2.05, 4.69) is 242 Å². The van der Waals surface area contributed by atoms with Crippen LogP contribution in [-0.4, -0.2) is 0 Å². The summed E-state index contributed by atoms with van der Waals surface area (Å²) < 4.78 is 0. The van der Waals surface area contributed by atoms with Crippen molar-refractivity contribution in [3.8, 4) is 33.4 Å². The molecule has 10 aromatic rings. The summed E-state index contributed by atoms with van der Waals surface area (Å²) in [7, 11) is 0. The van der Waals surface area contributed by atoms with Gasteiger partial charge in [0.05, 0.1) is 0 Å². The van der Waals surface area contributed by atoms with Gasteiger partial charge in [0.25, 0.3) is 0 Å². The van der Waals surface area contributed by atoms with Crippen molar-refractivity contribution in [2.75, 3.05) is 4.90 Å². The number of anilines is 3. The minimum Gasteiger partial charge on any atom is -0.310 e. The molecule has 10 aromatic carbocycles. The predicted molar refractivity (Wildman–Crippen MR) is 250 cm³/mol. The van der Waals surface area contributed by atoms with Gasteiger partial charge in [-0.2, -0.15) is 0 Å². The Hall–Kier alpha value is -7.48. The third kappa shape index (κ3) is 6.53. The second-order valence-electron chi connectivity index (χ2n) is 15.0. The molecule has 0 aromatic heterocycles. The maximum absolute atomic E-state index is 2.33. The van der Waals surface area contributed by atoms with Gasteiger partial charge in [-0.25, -0.2) is 0 Å². The van der Waals surface area contributed by atoms with Crippen LogP contribution in [0.5, 0.6) is 0 Å². The zero-order valence-electron chi connectivity index (χ0n) is 32.4. The molecule has 0 fully saturated rings. The third-order valence-electron chi connectivity index (χ3n) is 11.3. The molecule has 0 radical (unpaired) electrons. The van der Waals surface area contributed by atoms with Gasteiger partial charge >= 0.3 is 0 Å². The van der Waals surface area contributed by atoms with Crippen LogP contribution >= 0.6 is 0 Å². The fourth-order valence-electron chi connectivity index (χ4n) is 8.60. The summed E-state index contributed by atoms with van der Waals surface area (Å²) in [5.41, 5.74) is 14.4. The molecule has 274 valence electrons. The monoisotopic (exact) mass is 739 g/mol. The van der Waals surface area contributed by atoms with Crippen molar-refractivity contribution in [3.63, 3.8) is 0 Å². The lowest BCUT2D eigenvalue weighted by atomic mass is 9.86. The van der Waals surface area contributed by atoms with Crippen LogP contribution in [0, 0.1) is 6.92 Å². The molecule has 0 spiro atoms. The molecule has 0 atom stereocenters. The van der Waals surface area contributed by atoms with Crippen LogP contribution in [-0.2, 0) is 0 Å². The van der Waals surface area contributed by atoms with Gasteiger partial charge in [0, 0.05) is 17.1 Å². The van der Waals surface area contributed by atoms with Crippen molar-refractivity contribution in [2.24, 2.45) is 0 Å². The summed E-state index contributed by atoms with van der Waals surface area (Å²) in [5.74, 6) is 0. The molecule has 0 aliphatic rings. The summed E-state index contributed by atoms with van der Waals surface area (Å²) in [6, 6.07) is 79.1. The summed E-state index contributed by atoms with van der Waals surface area (Å²) in [6.45, 7) is 2.15. The maximum Gasteiger partial charge on any atom is 0.0464 e. The topological polar surface area (TPSA) is 3.24 Å². The SMILES string of the molecule is Cc1cccc(N(c2ccccc2)c2ccc(-c3c4ccccc4c(-c4ccc(C=Cc5ccc(-c6ccccc6)c6ccccc56)cc4)c4ccccc34)cc2)c1. The zero-order valence-corrected chi connectivity index (χ0v) is 32.4. The molecule has 0 amide bonds. The molecule has 0 unspecified atom stereocenters. The van der Waals surface area contributed by atoms with Gasteiger partial charge in [-0.05, 0) is 126 Å². The van der Waals surface area contributed by atoms with E-state index in [-0.39, 0.29) is 0 Å². The van der Waals surface area contributed by atoms with Crippen molar-refractivity contribution >= 4 is 61.5 Å². The first-order chi connectivity index (χ1) is 28.7. The van der Waals surface area contributed by atoms with E-state index in [1.54, 1.807) is 0 Å². The summed E-state index contributed by atoms with van der Waals surface area (Å²) in [5, 5.41) is 7.51. The average molecular weight is 740 g/mol. The highest BCUT2D eigenvalue weighted by atomic mass is 15.1. The van der Waals surface area contributed by atoms with Gasteiger partial charge in [-0.15, -0.1) is 0 Å². The fourth-order valence-corrected chi connectivity index (χ4v) is 8.60. The van der Waals surface area contributed by atoms with Gasteiger partial charge < -0.3 is 4.90 Å².